The zero-order chi connectivity index (χ0) is 25.1. The predicted molar refractivity (Wildman–Crippen MR) is 138 cm³/mol. The van der Waals surface area contributed by atoms with Gasteiger partial charge in [0.1, 0.15) is 6.10 Å². The van der Waals surface area contributed by atoms with Crippen LogP contribution in [0.5, 0.6) is 0 Å². The first kappa shape index (κ1) is 25.0. The number of imidazole rings is 1. The van der Waals surface area contributed by atoms with Gasteiger partial charge in [-0.1, -0.05) is 25.1 Å². The molecule has 2 aliphatic heterocycles. The molecule has 0 spiro atoms. The molecule has 2 aliphatic rings. The van der Waals surface area contributed by atoms with Crippen LogP contribution in [-0.4, -0.2) is 71.0 Å². The molecule has 35 heavy (non-hydrogen) atoms. The van der Waals surface area contributed by atoms with Crippen LogP contribution in [0.25, 0.3) is 11.0 Å². The van der Waals surface area contributed by atoms with Crippen molar-refractivity contribution in [2.75, 3.05) is 39.0 Å². The van der Waals surface area contributed by atoms with Crippen molar-refractivity contribution in [3.8, 4) is 0 Å². The number of carbonyl (C=O) groups is 2. The summed E-state index contributed by atoms with van der Waals surface area (Å²) in [6.45, 7) is 8.08. The van der Waals surface area contributed by atoms with E-state index in [0.717, 1.165) is 48.9 Å². The summed E-state index contributed by atoms with van der Waals surface area (Å²) >= 11 is 0. The number of para-hydroxylation sites is 1. The van der Waals surface area contributed by atoms with E-state index >= 15 is 0 Å². The second-order valence-corrected chi connectivity index (χ2v) is 10.0. The van der Waals surface area contributed by atoms with Crippen LogP contribution in [0.1, 0.15) is 44.7 Å². The van der Waals surface area contributed by atoms with Crippen LogP contribution in [0, 0.1) is 12.8 Å². The fraction of sp³-hybridized carbons (Fsp3) is 0.519. The van der Waals surface area contributed by atoms with Crippen molar-refractivity contribution in [1.82, 2.24) is 19.4 Å². The predicted octanol–water partition coefficient (Wildman–Crippen LogP) is 3.89. The highest BCUT2D eigenvalue weighted by molar-refractivity contribution is 6.02. The first-order valence-electron chi connectivity index (χ1n) is 12.5. The van der Waals surface area contributed by atoms with Gasteiger partial charge in [0.15, 0.2) is 5.76 Å². The molecule has 1 aromatic heterocycles. The molecule has 1 aromatic carbocycles. The molecule has 2 aromatic rings. The number of anilines is 1. The maximum absolute atomic E-state index is 13.1. The normalized spacial score (nSPS) is 23.0. The molecule has 8 heteroatoms. The van der Waals surface area contributed by atoms with Gasteiger partial charge in [-0.3, -0.25) is 14.9 Å². The van der Waals surface area contributed by atoms with Gasteiger partial charge in [0, 0.05) is 31.6 Å². The van der Waals surface area contributed by atoms with Gasteiger partial charge in [-0.15, -0.1) is 0 Å². The number of amides is 2. The number of likely N-dealkylation sites (tertiary alicyclic amines) is 1. The summed E-state index contributed by atoms with van der Waals surface area (Å²) in [7, 11) is 3.96. The quantitative estimate of drug-likeness (QED) is 0.636. The van der Waals surface area contributed by atoms with Gasteiger partial charge in [-0.2, -0.15) is 0 Å². The minimum absolute atomic E-state index is 0.00132. The fourth-order valence-corrected chi connectivity index (χ4v) is 4.78. The van der Waals surface area contributed by atoms with E-state index in [0.29, 0.717) is 18.3 Å². The third kappa shape index (κ3) is 5.59. The number of nitrogens with zero attached hydrogens (tertiary/aromatic N) is 4. The van der Waals surface area contributed by atoms with Gasteiger partial charge in [-0.05, 0) is 64.9 Å². The third-order valence-corrected chi connectivity index (χ3v) is 6.88. The third-order valence-electron chi connectivity index (χ3n) is 6.88. The van der Waals surface area contributed by atoms with Crippen LogP contribution in [-0.2, 0) is 14.3 Å². The maximum Gasteiger partial charge on any atom is 0.292 e. The van der Waals surface area contributed by atoms with E-state index in [-0.39, 0.29) is 29.9 Å². The molecule has 1 N–H and O–H groups in total. The van der Waals surface area contributed by atoms with E-state index in [1.165, 1.54) is 0 Å². The van der Waals surface area contributed by atoms with Crippen molar-refractivity contribution in [2.24, 2.45) is 5.92 Å². The van der Waals surface area contributed by atoms with Gasteiger partial charge < -0.3 is 19.1 Å². The lowest BCUT2D eigenvalue weighted by molar-refractivity contribution is -0.126. The Labute approximate surface area is 207 Å². The van der Waals surface area contributed by atoms with E-state index in [1.807, 2.05) is 62.0 Å². The molecule has 8 nitrogen and oxygen atoms in total. The number of rotatable bonds is 6. The van der Waals surface area contributed by atoms with E-state index in [1.54, 1.807) is 6.08 Å². The van der Waals surface area contributed by atoms with Gasteiger partial charge in [0.25, 0.3) is 5.91 Å². The Kier molecular flexibility index (Phi) is 7.60. The van der Waals surface area contributed by atoms with Crippen molar-refractivity contribution in [1.29, 1.82) is 0 Å². The zero-order valence-corrected chi connectivity index (χ0v) is 21.5. The number of aromatic nitrogens is 2. The molecule has 0 saturated carbocycles. The molecule has 2 amide bonds. The molecule has 3 unspecified atom stereocenters. The summed E-state index contributed by atoms with van der Waals surface area (Å²) < 4.78 is 7.89. The topological polar surface area (TPSA) is 79.7 Å². The monoisotopic (exact) mass is 479 g/mol. The molecular formula is C27H37N5O3. The smallest absolute Gasteiger partial charge is 0.292 e. The number of fused-ring (bicyclic) bond motifs is 1. The number of carbonyl (C=O) groups excluding carboxylic acids is 2. The van der Waals surface area contributed by atoms with Gasteiger partial charge in [-0.25, -0.2) is 4.98 Å². The Hall–Kier alpha value is -3.13. The number of nitrogens with one attached hydrogen (secondary N) is 1. The highest BCUT2D eigenvalue weighted by Gasteiger charge is 2.30. The highest BCUT2D eigenvalue weighted by Crippen LogP contribution is 2.32. The second-order valence-electron chi connectivity index (χ2n) is 10.0. The average Bonchev–Trinajstić information content (AvgIpc) is 3.23. The first-order valence-corrected chi connectivity index (χ1v) is 12.5. The van der Waals surface area contributed by atoms with E-state index in [4.69, 9.17) is 9.72 Å². The summed E-state index contributed by atoms with van der Waals surface area (Å²) in [5, 5.41) is 3.02. The molecular weight excluding hydrogens is 442 g/mol. The Morgan fingerprint density at radius 2 is 2.06 bits per heavy atom. The molecule has 0 aliphatic carbocycles. The maximum atomic E-state index is 13.1. The minimum Gasteiger partial charge on any atom is -0.485 e. The number of hydrogen-bond donors (Lipinski definition) is 1. The standard InChI is InChI=1S/C27H37N5O3/c1-18-10-8-12-22-25(18)32(27(28-22)29-26(34)23-16-19(2)20(3)35-23)21-11-6-7-15-31(17-21)24(33)13-9-14-30(4)5/h8-10,12-13,16,19-21H,6-7,11,14-15,17H2,1-5H3,(H,28,29,34)/b13-9+. The van der Waals surface area contributed by atoms with Crippen molar-refractivity contribution in [3.63, 3.8) is 0 Å². The van der Waals surface area contributed by atoms with E-state index in [9.17, 15) is 9.59 Å². The summed E-state index contributed by atoms with van der Waals surface area (Å²) in [6, 6.07) is 6.00. The molecule has 3 heterocycles. The van der Waals surface area contributed by atoms with Crippen molar-refractivity contribution >= 4 is 28.8 Å². The van der Waals surface area contributed by atoms with Crippen molar-refractivity contribution in [2.45, 2.75) is 52.2 Å². The lowest BCUT2D eigenvalue weighted by Crippen LogP contribution is -2.35. The largest absolute Gasteiger partial charge is 0.485 e. The van der Waals surface area contributed by atoms with Crippen molar-refractivity contribution < 1.29 is 14.3 Å². The Morgan fingerprint density at radius 3 is 2.77 bits per heavy atom. The zero-order valence-electron chi connectivity index (χ0n) is 21.5. The minimum atomic E-state index is -0.288. The van der Waals surface area contributed by atoms with E-state index in [2.05, 4.69) is 22.9 Å². The molecule has 1 fully saturated rings. The lowest BCUT2D eigenvalue weighted by Gasteiger charge is -2.26. The van der Waals surface area contributed by atoms with Crippen LogP contribution in [0.4, 0.5) is 5.95 Å². The molecule has 188 valence electrons. The molecule has 0 radical (unpaired) electrons. The van der Waals surface area contributed by atoms with Crippen LogP contribution in [0.15, 0.2) is 42.2 Å². The number of likely N-dealkylation sites (N-methyl/N-ethyl adjacent to an activating group) is 1. The molecule has 1 saturated heterocycles. The highest BCUT2D eigenvalue weighted by atomic mass is 16.5. The average molecular weight is 480 g/mol. The van der Waals surface area contributed by atoms with Crippen LogP contribution in [0.2, 0.25) is 0 Å². The number of ether oxygens (including phenoxy) is 1. The van der Waals surface area contributed by atoms with E-state index < -0.39 is 0 Å². The summed E-state index contributed by atoms with van der Waals surface area (Å²) in [4.78, 5) is 34.8. The first-order chi connectivity index (χ1) is 16.7. The van der Waals surface area contributed by atoms with Crippen LogP contribution in [0.3, 0.4) is 0 Å². The fourth-order valence-electron chi connectivity index (χ4n) is 4.78. The van der Waals surface area contributed by atoms with Gasteiger partial charge in [0.2, 0.25) is 11.9 Å². The van der Waals surface area contributed by atoms with Crippen molar-refractivity contribution in [3.05, 3.63) is 47.7 Å². The summed E-state index contributed by atoms with van der Waals surface area (Å²) in [6.07, 6.45) is 8.27. The molecule has 3 atom stereocenters. The number of hydrogen-bond acceptors (Lipinski definition) is 5. The number of aryl methyl sites for hydroxylation is 1. The lowest BCUT2D eigenvalue weighted by atomic mass is 10.1. The number of benzene rings is 1. The van der Waals surface area contributed by atoms with Gasteiger partial charge in [0.05, 0.1) is 17.1 Å². The van der Waals surface area contributed by atoms with Crippen LogP contribution >= 0.6 is 0 Å². The van der Waals surface area contributed by atoms with Gasteiger partial charge >= 0.3 is 0 Å². The Bertz CT molecular complexity index is 1150. The summed E-state index contributed by atoms with van der Waals surface area (Å²) in [5.74, 6) is 0.753. The molecule has 0 bridgehead atoms. The SMILES string of the molecule is Cc1cccc2nc(NC(=O)C3=CC(C)C(C)O3)n(C3CCCCN(C(=O)/C=C/CN(C)C)C3)c12. The summed E-state index contributed by atoms with van der Waals surface area (Å²) in [5.41, 5.74) is 2.91. The Morgan fingerprint density at radius 1 is 1.26 bits per heavy atom. The second kappa shape index (κ2) is 10.6. The molecule has 4 rings (SSSR count). The Balaban J connectivity index is 1.65. The van der Waals surface area contributed by atoms with Crippen LogP contribution < -0.4 is 5.32 Å².